The quantitative estimate of drug-likeness (QED) is 0.913. The molecule has 1 aromatic rings. The van der Waals surface area contributed by atoms with E-state index in [1.54, 1.807) is 4.90 Å². The molecule has 1 saturated heterocycles. The van der Waals surface area contributed by atoms with Crippen LogP contribution in [0.25, 0.3) is 0 Å². The van der Waals surface area contributed by atoms with Crippen LogP contribution in [-0.4, -0.2) is 33.6 Å². The average Bonchev–Trinajstić information content (AvgIpc) is 2.77. The second kappa shape index (κ2) is 6.07. The Hall–Kier alpha value is -1.85. The van der Waals surface area contributed by atoms with E-state index >= 15 is 0 Å². The first-order valence-corrected chi connectivity index (χ1v) is 6.94. The molecule has 2 heterocycles. The minimum absolute atomic E-state index is 0.0985. The van der Waals surface area contributed by atoms with Gasteiger partial charge in [0.1, 0.15) is 0 Å². The minimum Gasteiger partial charge on any atom is -0.476 e. The lowest BCUT2D eigenvalue weighted by Crippen LogP contribution is -2.29. The molecule has 20 heavy (non-hydrogen) atoms. The summed E-state index contributed by atoms with van der Waals surface area (Å²) in [7, 11) is 0. The number of carboxylic acid groups (broad SMARTS) is 1. The molecule has 6 nitrogen and oxygen atoms in total. The summed E-state index contributed by atoms with van der Waals surface area (Å²) in [6.45, 7) is 5.34. The highest BCUT2D eigenvalue weighted by Gasteiger charge is 2.25. The number of hydrogen-bond acceptors (Lipinski definition) is 4. The van der Waals surface area contributed by atoms with Crippen LogP contribution in [0.1, 0.15) is 49.4 Å². The molecule has 1 aliphatic rings. The van der Waals surface area contributed by atoms with Gasteiger partial charge >= 0.3 is 5.97 Å². The molecule has 1 fully saturated rings. The van der Waals surface area contributed by atoms with Gasteiger partial charge in [-0.15, -0.1) is 0 Å². The second-order valence-electron chi connectivity index (χ2n) is 5.63. The molecule has 0 spiro atoms. The number of amides is 1. The van der Waals surface area contributed by atoms with Gasteiger partial charge in [0.25, 0.3) is 0 Å². The number of likely N-dealkylation sites (tertiary alicyclic amines) is 1. The Balaban J connectivity index is 2.00. The van der Waals surface area contributed by atoms with E-state index in [0.29, 0.717) is 37.1 Å². The standard InChI is InChI=1S/C14H20N2O4/c1-9(2)10-3-4-13(17)16(6-5-10)8-11-7-12(14(18)19)15-20-11/h7,9-10H,3-6,8H2,1-2H3,(H,18,19). The summed E-state index contributed by atoms with van der Waals surface area (Å²) in [6.07, 6.45) is 2.44. The number of carbonyl (C=O) groups excluding carboxylic acids is 1. The summed E-state index contributed by atoms with van der Waals surface area (Å²) < 4.78 is 4.97. The first-order chi connectivity index (χ1) is 9.47. The van der Waals surface area contributed by atoms with E-state index in [9.17, 15) is 9.59 Å². The number of nitrogens with zero attached hydrogens (tertiary/aromatic N) is 2. The van der Waals surface area contributed by atoms with Crippen molar-refractivity contribution < 1.29 is 19.2 Å². The number of aromatic nitrogens is 1. The third-order valence-electron chi connectivity index (χ3n) is 3.92. The van der Waals surface area contributed by atoms with Gasteiger partial charge in [0.2, 0.25) is 5.91 Å². The molecule has 0 radical (unpaired) electrons. The zero-order valence-corrected chi connectivity index (χ0v) is 11.8. The SMILES string of the molecule is CC(C)C1CCC(=O)N(Cc2cc(C(=O)O)no2)CC1. The highest BCUT2D eigenvalue weighted by molar-refractivity contribution is 5.85. The molecule has 1 aromatic heterocycles. The van der Waals surface area contributed by atoms with Crippen LogP contribution in [0.4, 0.5) is 0 Å². The van der Waals surface area contributed by atoms with Gasteiger partial charge in [-0.3, -0.25) is 4.79 Å². The molecule has 6 heteroatoms. The van der Waals surface area contributed by atoms with Crippen molar-refractivity contribution in [2.75, 3.05) is 6.54 Å². The number of rotatable bonds is 4. The van der Waals surface area contributed by atoms with Crippen molar-refractivity contribution >= 4 is 11.9 Å². The Kier molecular flexibility index (Phi) is 4.42. The Morgan fingerprint density at radius 2 is 2.30 bits per heavy atom. The predicted molar refractivity (Wildman–Crippen MR) is 71.1 cm³/mol. The highest BCUT2D eigenvalue weighted by Crippen LogP contribution is 2.26. The van der Waals surface area contributed by atoms with Gasteiger partial charge < -0.3 is 14.5 Å². The molecule has 1 amide bonds. The van der Waals surface area contributed by atoms with Gasteiger partial charge in [0.15, 0.2) is 11.5 Å². The summed E-state index contributed by atoms with van der Waals surface area (Å²) in [4.78, 5) is 24.5. The first-order valence-electron chi connectivity index (χ1n) is 6.94. The monoisotopic (exact) mass is 280 g/mol. The van der Waals surface area contributed by atoms with Crippen molar-refractivity contribution in [1.29, 1.82) is 0 Å². The molecule has 0 aromatic carbocycles. The van der Waals surface area contributed by atoms with Crippen LogP contribution in [0.5, 0.6) is 0 Å². The molecule has 1 atom stereocenters. The Bertz CT molecular complexity index is 495. The van der Waals surface area contributed by atoms with Crippen LogP contribution < -0.4 is 0 Å². The summed E-state index contributed by atoms with van der Waals surface area (Å²) in [6, 6.07) is 1.38. The number of hydrogen-bond donors (Lipinski definition) is 1. The van der Waals surface area contributed by atoms with Gasteiger partial charge in [0.05, 0.1) is 6.54 Å². The molecule has 0 aliphatic carbocycles. The van der Waals surface area contributed by atoms with Crippen LogP contribution in [-0.2, 0) is 11.3 Å². The Morgan fingerprint density at radius 3 is 2.90 bits per heavy atom. The van der Waals surface area contributed by atoms with Crippen molar-refractivity contribution in [2.45, 2.75) is 39.7 Å². The topological polar surface area (TPSA) is 83.6 Å². The lowest BCUT2D eigenvalue weighted by atomic mass is 9.89. The van der Waals surface area contributed by atoms with E-state index < -0.39 is 5.97 Å². The van der Waals surface area contributed by atoms with E-state index in [1.807, 2.05) is 0 Å². The van der Waals surface area contributed by atoms with Crippen molar-refractivity contribution in [3.8, 4) is 0 Å². The molecule has 110 valence electrons. The van der Waals surface area contributed by atoms with Crippen LogP contribution in [0.15, 0.2) is 10.6 Å². The third-order valence-corrected chi connectivity index (χ3v) is 3.92. The number of carbonyl (C=O) groups is 2. The summed E-state index contributed by atoms with van der Waals surface area (Å²) in [5.74, 6) is 0.530. The van der Waals surface area contributed by atoms with E-state index in [1.165, 1.54) is 6.07 Å². The maximum absolute atomic E-state index is 12.1. The lowest BCUT2D eigenvalue weighted by Gasteiger charge is -2.20. The van der Waals surface area contributed by atoms with Crippen molar-refractivity contribution in [3.63, 3.8) is 0 Å². The van der Waals surface area contributed by atoms with Gasteiger partial charge in [-0.2, -0.15) is 0 Å². The fourth-order valence-corrected chi connectivity index (χ4v) is 2.57. The molecule has 1 unspecified atom stereocenters. The molecular formula is C14H20N2O4. The molecule has 2 rings (SSSR count). The van der Waals surface area contributed by atoms with E-state index in [0.717, 1.165) is 12.8 Å². The van der Waals surface area contributed by atoms with Crippen LogP contribution in [0.3, 0.4) is 0 Å². The third kappa shape index (κ3) is 3.37. The predicted octanol–water partition coefficient (Wildman–Crippen LogP) is 2.16. The summed E-state index contributed by atoms with van der Waals surface area (Å²) in [5.41, 5.74) is -0.123. The Labute approximate surface area is 117 Å². The van der Waals surface area contributed by atoms with Gasteiger partial charge in [-0.05, 0) is 24.7 Å². The van der Waals surface area contributed by atoms with E-state index in [-0.39, 0.29) is 11.6 Å². The Morgan fingerprint density at radius 1 is 1.55 bits per heavy atom. The largest absolute Gasteiger partial charge is 0.476 e. The van der Waals surface area contributed by atoms with Crippen molar-refractivity contribution in [2.24, 2.45) is 11.8 Å². The van der Waals surface area contributed by atoms with E-state index in [4.69, 9.17) is 9.63 Å². The minimum atomic E-state index is -1.12. The molecule has 0 saturated carbocycles. The van der Waals surface area contributed by atoms with Gasteiger partial charge in [0, 0.05) is 19.0 Å². The fourth-order valence-electron chi connectivity index (χ4n) is 2.57. The first kappa shape index (κ1) is 14.6. The normalized spacial score (nSPS) is 20.2. The maximum atomic E-state index is 12.1. The molecule has 1 aliphatic heterocycles. The van der Waals surface area contributed by atoms with Gasteiger partial charge in [-0.25, -0.2) is 4.79 Å². The number of aromatic carboxylic acids is 1. The molecule has 1 N–H and O–H groups in total. The fraction of sp³-hybridized carbons (Fsp3) is 0.643. The molecule has 0 bridgehead atoms. The number of carboxylic acids is 1. The van der Waals surface area contributed by atoms with Crippen molar-refractivity contribution in [3.05, 3.63) is 17.5 Å². The smallest absolute Gasteiger partial charge is 0.358 e. The average molecular weight is 280 g/mol. The molecular weight excluding hydrogens is 260 g/mol. The highest BCUT2D eigenvalue weighted by atomic mass is 16.5. The van der Waals surface area contributed by atoms with Crippen LogP contribution >= 0.6 is 0 Å². The summed E-state index contributed by atoms with van der Waals surface area (Å²) >= 11 is 0. The van der Waals surface area contributed by atoms with Crippen molar-refractivity contribution in [1.82, 2.24) is 10.1 Å². The zero-order chi connectivity index (χ0) is 14.7. The van der Waals surface area contributed by atoms with Crippen LogP contribution in [0, 0.1) is 11.8 Å². The van der Waals surface area contributed by atoms with Crippen LogP contribution in [0.2, 0.25) is 0 Å². The van der Waals surface area contributed by atoms with Gasteiger partial charge in [-0.1, -0.05) is 19.0 Å². The van der Waals surface area contributed by atoms with E-state index in [2.05, 4.69) is 19.0 Å². The lowest BCUT2D eigenvalue weighted by molar-refractivity contribution is -0.131. The zero-order valence-electron chi connectivity index (χ0n) is 11.8. The summed E-state index contributed by atoms with van der Waals surface area (Å²) in [5, 5.41) is 12.3. The maximum Gasteiger partial charge on any atom is 0.358 e. The second-order valence-corrected chi connectivity index (χ2v) is 5.63.